The van der Waals surface area contributed by atoms with Crippen molar-refractivity contribution in [2.24, 2.45) is 0 Å². The van der Waals surface area contributed by atoms with Gasteiger partial charge in [-0.25, -0.2) is 19.9 Å². The van der Waals surface area contributed by atoms with Crippen LogP contribution in [0.25, 0.3) is 94.6 Å². The molecule has 0 atom stereocenters. The lowest BCUT2D eigenvalue weighted by molar-refractivity contribution is 0.669. The summed E-state index contributed by atoms with van der Waals surface area (Å²) < 4.78 is 8.73. The van der Waals surface area contributed by atoms with Crippen molar-refractivity contribution >= 4 is 43.7 Å². The van der Waals surface area contributed by atoms with Crippen LogP contribution in [-0.2, 0) is 6.42 Å². The highest BCUT2D eigenvalue weighted by Crippen LogP contribution is 2.40. The first-order valence-electron chi connectivity index (χ1n) is 19.1. The molecule has 0 aliphatic rings. The molecule has 0 radical (unpaired) electrons. The molecule has 11 aromatic rings. The van der Waals surface area contributed by atoms with Crippen LogP contribution < -0.4 is 0 Å². The van der Waals surface area contributed by atoms with Crippen molar-refractivity contribution in [3.8, 4) is 50.8 Å². The summed E-state index contributed by atoms with van der Waals surface area (Å²) in [5.74, 6) is 2.72. The number of nitrogens with zero attached hydrogens (tertiary/aromatic N) is 5. The Bertz CT molecular complexity index is 3200. The number of aromatic nitrogens is 5. The van der Waals surface area contributed by atoms with E-state index in [9.17, 15) is 0 Å². The van der Waals surface area contributed by atoms with Gasteiger partial charge in [-0.05, 0) is 41.0 Å². The number of hydrogen-bond donors (Lipinski definition) is 0. The highest BCUT2D eigenvalue weighted by Gasteiger charge is 2.21. The lowest BCUT2D eigenvalue weighted by Gasteiger charge is -2.16. The van der Waals surface area contributed by atoms with E-state index in [2.05, 4.69) is 108 Å². The average molecular weight is 732 g/mol. The molecule has 4 aromatic heterocycles. The minimum atomic E-state index is 0.409. The van der Waals surface area contributed by atoms with Crippen molar-refractivity contribution in [2.75, 3.05) is 0 Å². The van der Waals surface area contributed by atoms with Crippen LogP contribution in [-0.4, -0.2) is 24.5 Å². The number of furan rings is 1. The van der Waals surface area contributed by atoms with E-state index in [0.29, 0.717) is 23.9 Å². The van der Waals surface area contributed by atoms with Gasteiger partial charge in [0.25, 0.3) is 0 Å². The molecule has 0 bridgehead atoms. The van der Waals surface area contributed by atoms with Crippen LogP contribution in [0.4, 0.5) is 0 Å². The Morgan fingerprint density at radius 3 is 1.70 bits per heavy atom. The molecule has 11 rings (SSSR count). The van der Waals surface area contributed by atoms with Crippen LogP contribution in [0.1, 0.15) is 11.4 Å². The molecule has 0 fully saturated rings. The number of para-hydroxylation sites is 2. The van der Waals surface area contributed by atoms with E-state index < -0.39 is 0 Å². The summed E-state index contributed by atoms with van der Waals surface area (Å²) in [5.41, 5.74) is 11.0. The van der Waals surface area contributed by atoms with Crippen LogP contribution in [0.3, 0.4) is 0 Å². The lowest BCUT2D eigenvalue weighted by Crippen LogP contribution is -2.08. The predicted molar refractivity (Wildman–Crippen MR) is 230 cm³/mol. The lowest BCUT2D eigenvalue weighted by atomic mass is 9.94. The normalized spacial score (nSPS) is 11.6. The number of fused-ring (bicyclic) bond motifs is 6. The largest absolute Gasteiger partial charge is 0.456 e. The smallest absolute Gasteiger partial charge is 0.163 e. The zero-order valence-electron chi connectivity index (χ0n) is 30.7. The van der Waals surface area contributed by atoms with Crippen LogP contribution in [0, 0.1) is 0 Å². The second-order valence-corrected chi connectivity index (χ2v) is 14.2. The molecule has 0 saturated carbocycles. The van der Waals surface area contributed by atoms with E-state index in [-0.39, 0.29) is 0 Å². The molecular weight excluding hydrogens is 699 g/mol. The Morgan fingerprint density at radius 1 is 0.421 bits per heavy atom. The highest BCUT2D eigenvalue weighted by molar-refractivity contribution is 6.17. The van der Waals surface area contributed by atoms with Crippen molar-refractivity contribution in [3.05, 3.63) is 200 Å². The average Bonchev–Trinajstić information content (AvgIpc) is 3.81. The molecule has 6 nitrogen and oxygen atoms in total. The van der Waals surface area contributed by atoms with E-state index in [4.69, 9.17) is 24.4 Å². The SMILES string of the molecule is c1ccc(-c2nc(Cc3cc(-c4ccccc4-c4ccccc4)cnc3-n3c4ccccc4c4cc5c(cc43)oc3ccccc35)nc(-c3ccccc3)n2)cc1. The number of rotatable bonds is 7. The van der Waals surface area contributed by atoms with Gasteiger partial charge in [-0.3, -0.25) is 4.57 Å². The first-order chi connectivity index (χ1) is 28.2. The summed E-state index contributed by atoms with van der Waals surface area (Å²) in [7, 11) is 0. The minimum absolute atomic E-state index is 0.409. The van der Waals surface area contributed by atoms with E-state index in [1.807, 2.05) is 85.1 Å². The Labute approximate surface area is 328 Å². The van der Waals surface area contributed by atoms with Crippen LogP contribution in [0.2, 0.25) is 0 Å². The van der Waals surface area contributed by atoms with Gasteiger partial charge < -0.3 is 4.42 Å². The minimum Gasteiger partial charge on any atom is -0.456 e. The topological polar surface area (TPSA) is 69.6 Å². The maximum Gasteiger partial charge on any atom is 0.163 e. The third kappa shape index (κ3) is 5.74. The van der Waals surface area contributed by atoms with E-state index >= 15 is 0 Å². The zero-order valence-corrected chi connectivity index (χ0v) is 30.7. The number of hydrogen-bond acceptors (Lipinski definition) is 5. The molecule has 57 heavy (non-hydrogen) atoms. The van der Waals surface area contributed by atoms with E-state index in [0.717, 1.165) is 88.5 Å². The molecular formula is C51H33N5O. The quantitative estimate of drug-likeness (QED) is 0.163. The Hall–Kier alpha value is -7.70. The van der Waals surface area contributed by atoms with Crippen molar-refractivity contribution in [2.45, 2.75) is 6.42 Å². The van der Waals surface area contributed by atoms with Crippen molar-refractivity contribution in [1.29, 1.82) is 0 Å². The molecule has 0 spiro atoms. The molecule has 4 heterocycles. The third-order valence-corrected chi connectivity index (χ3v) is 10.7. The van der Waals surface area contributed by atoms with Crippen molar-refractivity contribution < 1.29 is 4.42 Å². The van der Waals surface area contributed by atoms with Gasteiger partial charge in [0.15, 0.2) is 11.6 Å². The maximum atomic E-state index is 6.46. The first kappa shape index (κ1) is 32.7. The first-order valence-corrected chi connectivity index (χ1v) is 19.1. The van der Waals surface area contributed by atoms with Gasteiger partial charge in [-0.15, -0.1) is 0 Å². The summed E-state index contributed by atoms with van der Waals surface area (Å²) in [5, 5.41) is 4.47. The van der Waals surface area contributed by atoms with Gasteiger partial charge in [0.05, 0.1) is 11.0 Å². The van der Waals surface area contributed by atoms with Gasteiger partial charge in [-0.1, -0.05) is 152 Å². The van der Waals surface area contributed by atoms with E-state index in [1.165, 1.54) is 0 Å². The third-order valence-electron chi connectivity index (χ3n) is 10.7. The Morgan fingerprint density at radius 2 is 1.00 bits per heavy atom. The Kier molecular flexibility index (Phi) is 7.78. The highest BCUT2D eigenvalue weighted by atomic mass is 16.3. The van der Waals surface area contributed by atoms with Gasteiger partial charge in [-0.2, -0.15) is 0 Å². The molecule has 6 heteroatoms. The summed E-state index contributed by atoms with van der Waals surface area (Å²) in [6.07, 6.45) is 2.41. The fourth-order valence-electron chi connectivity index (χ4n) is 8.10. The fraction of sp³-hybridized carbons (Fsp3) is 0.0196. The standard InChI is InChI=1S/C51H33N5O/c1-4-16-33(17-5-1)38-22-10-11-23-39(38)37-28-36(29-48-53-49(34-18-6-2-7-19-34)55-50(54-48)35-20-8-3-9-21-35)51(52-32-37)56-44-26-14-12-24-40(44)42-30-43-41-25-13-15-27-46(41)57-47(43)31-45(42)56/h1-28,30-32H,29H2. The second-order valence-electron chi connectivity index (χ2n) is 14.2. The monoisotopic (exact) mass is 731 g/mol. The summed E-state index contributed by atoms with van der Waals surface area (Å²) in [6, 6.07) is 62.7. The molecule has 7 aromatic carbocycles. The summed E-state index contributed by atoms with van der Waals surface area (Å²) >= 11 is 0. The predicted octanol–water partition coefficient (Wildman–Crippen LogP) is 12.5. The van der Waals surface area contributed by atoms with Gasteiger partial charge in [0, 0.05) is 62.5 Å². The van der Waals surface area contributed by atoms with Gasteiger partial charge >= 0.3 is 0 Å². The van der Waals surface area contributed by atoms with E-state index in [1.54, 1.807) is 0 Å². The van der Waals surface area contributed by atoms with Crippen LogP contribution in [0.5, 0.6) is 0 Å². The van der Waals surface area contributed by atoms with Crippen molar-refractivity contribution in [1.82, 2.24) is 24.5 Å². The molecule has 0 N–H and O–H groups in total. The van der Waals surface area contributed by atoms with Crippen LogP contribution in [0.15, 0.2) is 193 Å². The molecule has 0 aliphatic carbocycles. The van der Waals surface area contributed by atoms with Crippen LogP contribution >= 0.6 is 0 Å². The van der Waals surface area contributed by atoms with Crippen molar-refractivity contribution in [3.63, 3.8) is 0 Å². The summed E-state index contributed by atoms with van der Waals surface area (Å²) in [4.78, 5) is 20.6. The molecule has 0 saturated heterocycles. The Balaban J connectivity index is 1.17. The molecule has 0 aliphatic heterocycles. The van der Waals surface area contributed by atoms with Gasteiger partial charge in [0.1, 0.15) is 22.8 Å². The van der Waals surface area contributed by atoms with Gasteiger partial charge in [0.2, 0.25) is 0 Å². The molecule has 268 valence electrons. The number of pyridine rings is 1. The molecule has 0 amide bonds. The fourth-order valence-corrected chi connectivity index (χ4v) is 8.10. The number of benzene rings is 7. The zero-order chi connectivity index (χ0) is 37.7. The summed E-state index contributed by atoms with van der Waals surface area (Å²) in [6.45, 7) is 0. The maximum absolute atomic E-state index is 6.46. The second kappa shape index (κ2) is 13.6. The molecule has 0 unspecified atom stereocenters.